The third kappa shape index (κ3) is 3.52. The molecule has 2 atom stereocenters. The summed E-state index contributed by atoms with van der Waals surface area (Å²) in [6, 6.07) is 7.70. The molecule has 0 aliphatic carbocycles. The van der Waals surface area contributed by atoms with Gasteiger partial charge in [-0.1, -0.05) is 43.3 Å². The number of carbonyl (C=O) groups excluding carboxylic acids is 1. The number of amidine groups is 1. The molecule has 0 N–H and O–H groups in total. The first-order valence-electron chi connectivity index (χ1n) is 8.25. The first kappa shape index (κ1) is 17.5. The van der Waals surface area contributed by atoms with Gasteiger partial charge in [0.2, 0.25) is 5.91 Å². The minimum atomic E-state index is -3.03. The lowest BCUT2D eigenvalue weighted by Gasteiger charge is -2.26. The Hall–Kier alpha value is -1.34. The van der Waals surface area contributed by atoms with E-state index >= 15 is 0 Å². The number of unbranched alkanes of at least 4 members (excludes halogenated alkanes) is 1. The molecule has 0 spiro atoms. The molecule has 2 heterocycles. The number of sulfone groups is 1. The summed E-state index contributed by atoms with van der Waals surface area (Å²) in [6.45, 7) is 4.03. The standard InChI is InChI=1S/C17H22N2O3S2/c1-3-4-9-16(20)18-17-19(13-8-6-5-7-12(13)2)14-10-24(21,22)11-15(14)23-17/h5-8,14-15H,3-4,9-11H2,1-2H3/t14-,15-/m0/s1. The Morgan fingerprint density at radius 2 is 2.08 bits per heavy atom. The summed E-state index contributed by atoms with van der Waals surface area (Å²) in [4.78, 5) is 18.4. The van der Waals surface area contributed by atoms with Crippen molar-refractivity contribution in [3.8, 4) is 0 Å². The predicted octanol–water partition coefficient (Wildman–Crippen LogP) is 2.79. The number of aryl methyl sites for hydroxylation is 1. The van der Waals surface area contributed by atoms with Crippen molar-refractivity contribution in [3.05, 3.63) is 29.8 Å². The summed E-state index contributed by atoms with van der Waals surface area (Å²) in [7, 11) is -3.03. The number of hydrogen-bond acceptors (Lipinski definition) is 4. The van der Waals surface area contributed by atoms with Crippen molar-refractivity contribution in [3.63, 3.8) is 0 Å². The van der Waals surface area contributed by atoms with Crippen LogP contribution in [0.5, 0.6) is 0 Å². The van der Waals surface area contributed by atoms with Crippen LogP contribution in [0, 0.1) is 6.92 Å². The molecular formula is C17H22N2O3S2. The number of nitrogens with zero attached hydrogens (tertiary/aromatic N) is 2. The van der Waals surface area contributed by atoms with Crippen molar-refractivity contribution in [1.29, 1.82) is 0 Å². The maximum Gasteiger partial charge on any atom is 0.248 e. The van der Waals surface area contributed by atoms with E-state index in [0.29, 0.717) is 11.6 Å². The third-order valence-electron chi connectivity index (χ3n) is 4.41. The van der Waals surface area contributed by atoms with Gasteiger partial charge in [-0.15, -0.1) is 0 Å². The van der Waals surface area contributed by atoms with Crippen molar-refractivity contribution >= 4 is 38.4 Å². The Kier molecular flexibility index (Phi) is 5.01. The van der Waals surface area contributed by atoms with E-state index in [1.165, 1.54) is 11.8 Å². The van der Waals surface area contributed by atoms with Crippen LogP contribution in [0.2, 0.25) is 0 Å². The Balaban J connectivity index is 1.96. The van der Waals surface area contributed by atoms with Gasteiger partial charge in [0.15, 0.2) is 15.0 Å². The lowest BCUT2D eigenvalue weighted by Crippen LogP contribution is -2.38. The van der Waals surface area contributed by atoms with Crippen LogP contribution in [-0.4, -0.2) is 42.3 Å². The zero-order chi connectivity index (χ0) is 17.3. The number of fused-ring (bicyclic) bond motifs is 1. The van der Waals surface area contributed by atoms with E-state index in [0.717, 1.165) is 24.1 Å². The molecule has 130 valence electrons. The SMILES string of the molecule is CCCCC(=O)N=C1S[C@H]2CS(=O)(=O)C[C@@H]2N1c1ccccc1C. The second-order valence-corrected chi connectivity index (χ2v) is 9.71. The van der Waals surface area contributed by atoms with Gasteiger partial charge >= 0.3 is 0 Å². The van der Waals surface area contributed by atoms with Crippen molar-refractivity contribution in [2.24, 2.45) is 4.99 Å². The lowest BCUT2D eigenvalue weighted by atomic mass is 10.1. The van der Waals surface area contributed by atoms with Gasteiger partial charge < -0.3 is 4.90 Å². The van der Waals surface area contributed by atoms with Gasteiger partial charge in [-0.2, -0.15) is 4.99 Å². The molecule has 2 fully saturated rings. The molecule has 2 aliphatic heterocycles. The number of anilines is 1. The lowest BCUT2D eigenvalue weighted by molar-refractivity contribution is -0.117. The molecule has 1 aromatic rings. The van der Waals surface area contributed by atoms with E-state index in [1.54, 1.807) is 0 Å². The summed E-state index contributed by atoms with van der Waals surface area (Å²) < 4.78 is 24.1. The van der Waals surface area contributed by atoms with Gasteiger partial charge in [0.1, 0.15) is 0 Å². The van der Waals surface area contributed by atoms with Crippen LogP contribution in [0.1, 0.15) is 31.7 Å². The molecule has 5 nitrogen and oxygen atoms in total. The second kappa shape index (κ2) is 6.88. The number of aliphatic imine (C=N–C) groups is 1. The summed E-state index contributed by atoms with van der Waals surface area (Å²) in [5.74, 6) is 0.161. The number of carbonyl (C=O) groups is 1. The first-order chi connectivity index (χ1) is 11.4. The van der Waals surface area contributed by atoms with Crippen LogP contribution < -0.4 is 4.90 Å². The van der Waals surface area contributed by atoms with Crippen LogP contribution in [0.3, 0.4) is 0 Å². The Morgan fingerprint density at radius 3 is 2.79 bits per heavy atom. The van der Waals surface area contributed by atoms with Gasteiger partial charge in [0.25, 0.3) is 0 Å². The van der Waals surface area contributed by atoms with E-state index in [9.17, 15) is 13.2 Å². The molecule has 1 aromatic carbocycles. The molecule has 0 saturated carbocycles. The molecule has 2 aliphatic rings. The van der Waals surface area contributed by atoms with Crippen LogP contribution in [0.15, 0.2) is 29.3 Å². The molecule has 0 bridgehead atoms. The van der Waals surface area contributed by atoms with Crippen LogP contribution in [0.4, 0.5) is 5.69 Å². The van der Waals surface area contributed by atoms with Crippen LogP contribution in [0.25, 0.3) is 0 Å². The predicted molar refractivity (Wildman–Crippen MR) is 99.4 cm³/mol. The summed E-state index contributed by atoms with van der Waals surface area (Å²) in [6.07, 6.45) is 2.22. The number of benzene rings is 1. The molecule has 7 heteroatoms. The number of amides is 1. The number of para-hydroxylation sites is 1. The van der Waals surface area contributed by atoms with Crippen LogP contribution in [-0.2, 0) is 14.6 Å². The summed E-state index contributed by atoms with van der Waals surface area (Å²) in [5, 5.41) is 0.600. The van der Waals surface area contributed by atoms with Crippen molar-refractivity contribution in [2.45, 2.75) is 44.4 Å². The number of rotatable bonds is 4. The van der Waals surface area contributed by atoms with E-state index in [4.69, 9.17) is 0 Å². The van der Waals surface area contributed by atoms with Crippen molar-refractivity contribution < 1.29 is 13.2 Å². The highest BCUT2D eigenvalue weighted by Crippen LogP contribution is 2.41. The van der Waals surface area contributed by atoms with Crippen molar-refractivity contribution in [1.82, 2.24) is 0 Å². The number of hydrogen-bond donors (Lipinski definition) is 0. The van der Waals surface area contributed by atoms with E-state index in [1.807, 2.05) is 43.0 Å². The Bertz CT molecular complexity index is 774. The minimum absolute atomic E-state index is 0.0488. The highest BCUT2D eigenvalue weighted by molar-refractivity contribution is 8.16. The monoisotopic (exact) mass is 366 g/mol. The maximum absolute atomic E-state index is 12.1. The van der Waals surface area contributed by atoms with E-state index in [2.05, 4.69) is 4.99 Å². The molecule has 0 radical (unpaired) electrons. The van der Waals surface area contributed by atoms with E-state index in [-0.39, 0.29) is 28.7 Å². The number of thioether (sulfide) groups is 1. The molecule has 0 aromatic heterocycles. The fraction of sp³-hybridized carbons (Fsp3) is 0.529. The highest BCUT2D eigenvalue weighted by atomic mass is 32.2. The van der Waals surface area contributed by atoms with Crippen LogP contribution >= 0.6 is 11.8 Å². The minimum Gasteiger partial charge on any atom is -0.315 e. The molecule has 2 saturated heterocycles. The van der Waals surface area contributed by atoms with Crippen molar-refractivity contribution in [2.75, 3.05) is 16.4 Å². The zero-order valence-corrected chi connectivity index (χ0v) is 15.6. The Labute approximate surface area is 147 Å². The zero-order valence-electron chi connectivity index (χ0n) is 13.9. The van der Waals surface area contributed by atoms with Gasteiger partial charge in [-0.05, 0) is 25.0 Å². The maximum atomic E-state index is 12.1. The smallest absolute Gasteiger partial charge is 0.248 e. The average molecular weight is 367 g/mol. The Morgan fingerprint density at radius 1 is 1.33 bits per heavy atom. The quantitative estimate of drug-likeness (QED) is 0.820. The normalized spacial score (nSPS) is 26.8. The summed E-state index contributed by atoms with van der Waals surface area (Å²) >= 11 is 1.43. The fourth-order valence-corrected chi connectivity index (χ4v) is 7.09. The van der Waals surface area contributed by atoms with Gasteiger partial charge in [-0.25, -0.2) is 8.42 Å². The average Bonchev–Trinajstić information content (AvgIpc) is 2.97. The first-order valence-corrected chi connectivity index (χ1v) is 10.9. The van der Waals surface area contributed by atoms with Gasteiger partial charge in [0.05, 0.1) is 17.5 Å². The fourth-order valence-electron chi connectivity index (χ4n) is 3.17. The summed E-state index contributed by atoms with van der Waals surface area (Å²) in [5.41, 5.74) is 1.99. The van der Waals surface area contributed by atoms with E-state index < -0.39 is 9.84 Å². The molecule has 24 heavy (non-hydrogen) atoms. The molecule has 1 amide bonds. The van der Waals surface area contributed by atoms with Gasteiger partial charge in [0, 0.05) is 17.4 Å². The third-order valence-corrected chi connectivity index (χ3v) is 7.62. The van der Waals surface area contributed by atoms with Gasteiger partial charge in [-0.3, -0.25) is 4.79 Å². The second-order valence-electron chi connectivity index (χ2n) is 6.35. The topological polar surface area (TPSA) is 66.8 Å². The molecule has 3 rings (SSSR count). The molecular weight excluding hydrogens is 344 g/mol. The highest BCUT2D eigenvalue weighted by Gasteiger charge is 2.49. The largest absolute Gasteiger partial charge is 0.315 e. The molecule has 0 unspecified atom stereocenters.